The van der Waals surface area contributed by atoms with Gasteiger partial charge in [0, 0.05) is 0 Å². The standard InChI is InChI=1S/C12H25B/c1-4-6-8-11(7-5-2)13(3)12-9-10-12/h11-12H,4-10H2,1-3H3. The summed E-state index contributed by atoms with van der Waals surface area (Å²) >= 11 is 0. The first kappa shape index (κ1) is 11.1. The highest BCUT2D eigenvalue weighted by Crippen LogP contribution is 2.45. The molecule has 76 valence electrons. The summed E-state index contributed by atoms with van der Waals surface area (Å²) in [5, 5.41) is 0. The summed E-state index contributed by atoms with van der Waals surface area (Å²) in [4.78, 5) is 0. The van der Waals surface area contributed by atoms with Crippen molar-refractivity contribution in [2.45, 2.75) is 77.3 Å². The zero-order valence-electron chi connectivity index (χ0n) is 9.68. The highest BCUT2D eigenvalue weighted by Gasteiger charge is 2.34. The molecule has 1 heteroatoms. The maximum atomic E-state index is 2.49. The van der Waals surface area contributed by atoms with Crippen molar-refractivity contribution in [1.82, 2.24) is 0 Å². The zero-order valence-corrected chi connectivity index (χ0v) is 9.68. The highest BCUT2D eigenvalue weighted by molar-refractivity contribution is 6.61. The molecule has 1 saturated carbocycles. The quantitative estimate of drug-likeness (QED) is 0.501. The lowest BCUT2D eigenvalue weighted by Crippen LogP contribution is -2.16. The Balaban J connectivity index is 2.26. The first-order valence-corrected chi connectivity index (χ1v) is 6.29. The molecule has 0 N–H and O–H groups in total. The number of unbranched alkanes of at least 4 members (excludes halogenated alkanes) is 1. The minimum Gasteiger partial charge on any atom is -0.0856 e. The summed E-state index contributed by atoms with van der Waals surface area (Å²) in [6.07, 6.45) is 10.2. The molecule has 0 heterocycles. The summed E-state index contributed by atoms with van der Waals surface area (Å²) < 4.78 is 0. The van der Waals surface area contributed by atoms with Gasteiger partial charge in [0.2, 0.25) is 0 Å². The molecule has 1 atom stereocenters. The van der Waals surface area contributed by atoms with E-state index < -0.39 is 0 Å². The maximum Gasteiger partial charge on any atom is 0.143 e. The van der Waals surface area contributed by atoms with E-state index >= 15 is 0 Å². The van der Waals surface area contributed by atoms with Gasteiger partial charge >= 0.3 is 0 Å². The van der Waals surface area contributed by atoms with Crippen LogP contribution in [0, 0.1) is 0 Å². The zero-order chi connectivity index (χ0) is 9.68. The van der Waals surface area contributed by atoms with Gasteiger partial charge in [-0.3, -0.25) is 0 Å². The van der Waals surface area contributed by atoms with Crippen molar-refractivity contribution in [3.8, 4) is 0 Å². The lowest BCUT2D eigenvalue weighted by Gasteiger charge is -2.20. The third-order valence-electron chi connectivity index (χ3n) is 3.70. The van der Waals surface area contributed by atoms with Crippen molar-refractivity contribution in [3.05, 3.63) is 0 Å². The molecular formula is C12H25B. The van der Waals surface area contributed by atoms with Crippen molar-refractivity contribution in [3.63, 3.8) is 0 Å². The largest absolute Gasteiger partial charge is 0.143 e. The Bertz CT molecular complexity index is 129. The van der Waals surface area contributed by atoms with E-state index in [0.29, 0.717) is 0 Å². The maximum absolute atomic E-state index is 2.49. The van der Waals surface area contributed by atoms with Gasteiger partial charge in [-0.1, -0.05) is 77.3 Å². The van der Waals surface area contributed by atoms with E-state index in [4.69, 9.17) is 0 Å². The van der Waals surface area contributed by atoms with Crippen molar-refractivity contribution >= 4 is 6.71 Å². The van der Waals surface area contributed by atoms with Crippen molar-refractivity contribution < 1.29 is 0 Å². The molecule has 0 aliphatic heterocycles. The van der Waals surface area contributed by atoms with E-state index in [2.05, 4.69) is 20.7 Å². The Morgan fingerprint density at radius 1 is 1.15 bits per heavy atom. The second-order valence-electron chi connectivity index (χ2n) is 4.89. The van der Waals surface area contributed by atoms with Gasteiger partial charge < -0.3 is 0 Å². The van der Waals surface area contributed by atoms with Crippen LogP contribution in [0.2, 0.25) is 18.5 Å². The number of hydrogen-bond acceptors (Lipinski definition) is 0. The van der Waals surface area contributed by atoms with E-state index in [9.17, 15) is 0 Å². The van der Waals surface area contributed by atoms with Crippen LogP contribution in [0.25, 0.3) is 0 Å². The van der Waals surface area contributed by atoms with E-state index in [1.54, 1.807) is 0 Å². The van der Waals surface area contributed by atoms with Gasteiger partial charge in [0.15, 0.2) is 0 Å². The Morgan fingerprint density at radius 3 is 2.31 bits per heavy atom. The highest BCUT2D eigenvalue weighted by atomic mass is 14.2. The van der Waals surface area contributed by atoms with Gasteiger partial charge in [0.25, 0.3) is 0 Å². The molecule has 1 aliphatic rings. The van der Waals surface area contributed by atoms with Crippen LogP contribution in [0.3, 0.4) is 0 Å². The summed E-state index contributed by atoms with van der Waals surface area (Å²) in [6.45, 7) is 8.16. The molecule has 0 bridgehead atoms. The van der Waals surface area contributed by atoms with Crippen molar-refractivity contribution in [2.24, 2.45) is 0 Å². The summed E-state index contributed by atoms with van der Waals surface area (Å²) in [7, 11) is 0. The summed E-state index contributed by atoms with van der Waals surface area (Å²) in [6, 6.07) is 0. The molecule has 0 aromatic carbocycles. The van der Waals surface area contributed by atoms with Gasteiger partial charge in [0.1, 0.15) is 6.71 Å². The van der Waals surface area contributed by atoms with E-state index in [-0.39, 0.29) is 0 Å². The second-order valence-corrected chi connectivity index (χ2v) is 4.89. The molecule has 1 rings (SSSR count). The molecule has 0 nitrogen and oxygen atoms in total. The predicted molar refractivity (Wildman–Crippen MR) is 62.8 cm³/mol. The molecule has 0 amide bonds. The van der Waals surface area contributed by atoms with E-state index in [1.807, 2.05) is 0 Å². The fourth-order valence-electron chi connectivity index (χ4n) is 2.51. The molecule has 13 heavy (non-hydrogen) atoms. The Kier molecular flexibility index (Phi) is 4.91. The fourth-order valence-corrected chi connectivity index (χ4v) is 2.51. The molecule has 1 unspecified atom stereocenters. The van der Waals surface area contributed by atoms with Gasteiger partial charge in [-0.05, 0) is 0 Å². The number of rotatable bonds is 7. The van der Waals surface area contributed by atoms with Crippen molar-refractivity contribution in [1.29, 1.82) is 0 Å². The molecule has 0 aromatic heterocycles. The normalized spacial score (nSPS) is 18.7. The number of hydrogen-bond donors (Lipinski definition) is 0. The van der Waals surface area contributed by atoms with Gasteiger partial charge in [-0.2, -0.15) is 0 Å². The van der Waals surface area contributed by atoms with Crippen LogP contribution in [0.4, 0.5) is 0 Å². The monoisotopic (exact) mass is 180 g/mol. The van der Waals surface area contributed by atoms with Crippen LogP contribution < -0.4 is 0 Å². The molecule has 0 spiro atoms. The molecule has 0 radical (unpaired) electrons. The summed E-state index contributed by atoms with van der Waals surface area (Å²) in [5.41, 5.74) is 0. The van der Waals surface area contributed by atoms with E-state index in [1.165, 1.54) is 44.9 Å². The van der Waals surface area contributed by atoms with Gasteiger partial charge in [-0.25, -0.2) is 0 Å². The second kappa shape index (κ2) is 5.72. The van der Waals surface area contributed by atoms with Crippen LogP contribution in [-0.2, 0) is 0 Å². The first-order chi connectivity index (χ1) is 6.29. The van der Waals surface area contributed by atoms with Crippen LogP contribution in [0.1, 0.15) is 58.8 Å². The molecule has 1 aliphatic carbocycles. The Labute approximate surface area is 84.6 Å². The summed E-state index contributed by atoms with van der Waals surface area (Å²) in [5.74, 6) is 2.14. The van der Waals surface area contributed by atoms with Crippen LogP contribution in [0.15, 0.2) is 0 Å². The molecular weight excluding hydrogens is 155 g/mol. The van der Waals surface area contributed by atoms with Crippen LogP contribution in [0.5, 0.6) is 0 Å². The Morgan fingerprint density at radius 2 is 1.85 bits per heavy atom. The van der Waals surface area contributed by atoms with Gasteiger partial charge in [0.05, 0.1) is 0 Å². The average Bonchev–Trinajstić information content (AvgIpc) is 2.94. The minimum atomic E-state index is 1.02. The molecule has 0 saturated heterocycles. The smallest absolute Gasteiger partial charge is 0.0856 e. The topological polar surface area (TPSA) is 0 Å². The Hall–Kier alpha value is 0.0649. The predicted octanol–water partition coefficient (Wildman–Crippen LogP) is 4.64. The van der Waals surface area contributed by atoms with Crippen LogP contribution in [-0.4, -0.2) is 6.71 Å². The van der Waals surface area contributed by atoms with E-state index in [0.717, 1.165) is 18.3 Å². The molecule has 1 fully saturated rings. The minimum absolute atomic E-state index is 1.02. The SMILES string of the molecule is CCCCC(CCC)B(C)C1CC1. The third-order valence-corrected chi connectivity index (χ3v) is 3.70. The van der Waals surface area contributed by atoms with Gasteiger partial charge in [-0.15, -0.1) is 0 Å². The lowest BCUT2D eigenvalue weighted by molar-refractivity contribution is 0.611. The van der Waals surface area contributed by atoms with Crippen molar-refractivity contribution in [2.75, 3.05) is 0 Å². The lowest BCUT2D eigenvalue weighted by atomic mass is 9.37. The van der Waals surface area contributed by atoms with Crippen LogP contribution >= 0.6 is 0 Å². The fraction of sp³-hybridized carbons (Fsp3) is 1.00. The first-order valence-electron chi connectivity index (χ1n) is 6.29. The third kappa shape index (κ3) is 3.75. The average molecular weight is 180 g/mol. The molecule has 0 aromatic rings.